The third-order valence-electron chi connectivity index (χ3n) is 4.04. The van der Waals surface area contributed by atoms with Gasteiger partial charge in [-0.25, -0.2) is 14.8 Å². The summed E-state index contributed by atoms with van der Waals surface area (Å²) in [5, 5.41) is 3.41. The topological polar surface area (TPSA) is 73.3 Å². The van der Waals surface area contributed by atoms with Crippen molar-refractivity contribution in [2.24, 2.45) is 5.92 Å². The second-order valence-corrected chi connectivity index (χ2v) is 9.70. The molecular weight excluding hydrogens is 425 g/mol. The van der Waals surface area contributed by atoms with E-state index in [1.54, 1.807) is 24.4 Å². The van der Waals surface area contributed by atoms with Crippen LogP contribution in [0, 0.1) is 5.92 Å². The molecule has 8 heteroatoms. The van der Waals surface area contributed by atoms with Gasteiger partial charge in [0.2, 0.25) is 5.28 Å². The van der Waals surface area contributed by atoms with Crippen molar-refractivity contribution in [3.8, 4) is 17.0 Å². The number of hydrogen-bond acceptors (Lipinski definition) is 5. The predicted octanol–water partition coefficient (Wildman–Crippen LogP) is 6.16. The first-order valence-electron chi connectivity index (χ1n) is 9.79. The summed E-state index contributed by atoms with van der Waals surface area (Å²) in [7, 11) is 0. The lowest BCUT2D eigenvalue weighted by Crippen LogP contribution is -2.47. The van der Waals surface area contributed by atoms with Crippen LogP contribution >= 0.6 is 23.2 Å². The Morgan fingerprint density at radius 1 is 1.17 bits per heavy atom. The third kappa shape index (κ3) is 7.65. The first-order valence-corrected chi connectivity index (χ1v) is 10.5. The lowest BCUT2D eigenvalue weighted by Gasteiger charge is -2.32. The van der Waals surface area contributed by atoms with Gasteiger partial charge in [-0.3, -0.25) is 0 Å². The number of ether oxygens (including phenoxy) is 2. The van der Waals surface area contributed by atoms with Crippen LogP contribution in [-0.4, -0.2) is 33.8 Å². The van der Waals surface area contributed by atoms with Crippen LogP contribution in [-0.2, 0) is 4.74 Å². The molecule has 0 saturated carbocycles. The van der Waals surface area contributed by atoms with Crippen molar-refractivity contribution in [2.75, 3.05) is 6.61 Å². The number of hydrogen-bond donors (Lipinski definition) is 1. The average Bonchev–Trinajstić information content (AvgIpc) is 2.58. The van der Waals surface area contributed by atoms with Crippen molar-refractivity contribution in [3.05, 3.63) is 40.8 Å². The molecule has 0 saturated heterocycles. The number of amides is 1. The van der Waals surface area contributed by atoms with Gasteiger partial charge in [-0.2, -0.15) is 0 Å². The Balaban J connectivity index is 2.13. The SMILES string of the molecule is CC(C)C[C@@](C)(COc1ccc(-c2ccnc(Cl)n2)cc1Cl)OC(=O)NC(C)(C)C. The quantitative estimate of drug-likeness (QED) is 0.508. The molecule has 1 N–H and O–H groups in total. The van der Waals surface area contributed by atoms with E-state index < -0.39 is 11.7 Å². The highest BCUT2D eigenvalue weighted by atomic mass is 35.5. The lowest BCUT2D eigenvalue weighted by molar-refractivity contribution is -0.0249. The highest BCUT2D eigenvalue weighted by molar-refractivity contribution is 6.32. The van der Waals surface area contributed by atoms with E-state index in [2.05, 4.69) is 29.1 Å². The van der Waals surface area contributed by atoms with Crippen LogP contribution in [0.5, 0.6) is 5.75 Å². The summed E-state index contributed by atoms with van der Waals surface area (Å²) in [6.07, 6.45) is 1.75. The van der Waals surface area contributed by atoms with Gasteiger partial charge in [0.25, 0.3) is 0 Å². The van der Waals surface area contributed by atoms with Gasteiger partial charge in [0.05, 0.1) is 10.7 Å². The number of nitrogens with one attached hydrogen (secondary N) is 1. The zero-order chi connectivity index (χ0) is 22.5. The molecule has 0 bridgehead atoms. The average molecular weight is 454 g/mol. The maximum Gasteiger partial charge on any atom is 0.408 e. The van der Waals surface area contributed by atoms with Crippen molar-refractivity contribution >= 4 is 29.3 Å². The highest BCUT2D eigenvalue weighted by Crippen LogP contribution is 2.31. The van der Waals surface area contributed by atoms with Crippen LogP contribution in [0.1, 0.15) is 48.0 Å². The molecule has 0 aliphatic heterocycles. The molecule has 164 valence electrons. The smallest absolute Gasteiger partial charge is 0.408 e. The molecule has 1 atom stereocenters. The van der Waals surface area contributed by atoms with Gasteiger partial charge >= 0.3 is 6.09 Å². The van der Waals surface area contributed by atoms with Gasteiger partial charge < -0.3 is 14.8 Å². The summed E-state index contributed by atoms with van der Waals surface area (Å²) in [6, 6.07) is 7.10. The summed E-state index contributed by atoms with van der Waals surface area (Å²) in [5.41, 5.74) is 0.253. The summed E-state index contributed by atoms with van der Waals surface area (Å²) in [5.74, 6) is 0.803. The number of nitrogens with zero attached hydrogens (tertiary/aromatic N) is 2. The number of benzene rings is 1. The fourth-order valence-electron chi connectivity index (χ4n) is 3.05. The molecule has 0 fully saturated rings. The number of aromatic nitrogens is 2. The summed E-state index contributed by atoms with van der Waals surface area (Å²) in [4.78, 5) is 20.4. The normalized spacial score (nSPS) is 13.6. The summed E-state index contributed by atoms with van der Waals surface area (Å²) < 4.78 is 11.7. The Labute approximate surface area is 188 Å². The standard InChI is InChI=1S/C22H29Cl2N3O3/c1-14(2)12-22(6,30-20(28)27-21(3,4)5)13-29-18-8-7-15(11-16(18)23)17-9-10-25-19(24)26-17/h7-11,14H,12-13H2,1-6H3,(H,27,28)/t22-/m0/s1. The van der Waals surface area contributed by atoms with Gasteiger partial charge in [-0.1, -0.05) is 25.4 Å². The molecule has 0 radical (unpaired) electrons. The fourth-order valence-corrected chi connectivity index (χ4v) is 3.43. The Bertz CT molecular complexity index is 884. The molecule has 0 aliphatic rings. The first-order chi connectivity index (χ1) is 13.9. The Kier molecular flexibility index (Phi) is 7.94. The molecule has 0 spiro atoms. The maximum absolute atomic E-state index is 12.3. The van der Waals surface area contributed by atoms with Gasteiger partial charge in [-0.15, -0.1) is 0 Å². The second kappa shape index (κ2) is 9.84. The van der Waals surface area contributed by atoms with Crippen LogP contribution in [0.3, 0.4) is 0 Å². The zero-order valence-electron chi connectivity index (χ0n) is 18.3. The van der Waals surface area contributed by atoms with E-state index in [1.165, 1.54) is 0 Å². The van der Waals surface area contributed by atoms with E-state index in [9.17, 15) is 4.79 Å². The Morgan fingerprint density at radius 2 is 1.87 bits per heavy atom. The van der Waals surface area contributed by atoms with E-state index in [1.807, 2.05) is 33.8 Å². The zero-order valence-corrected chi connectivity index (χ0v) is 19.8. The monoisotopic (exact) mass is 453 g/mol. The molecule has 2 rings (SSSR count). The van der Waals surface area contributed by atoms with E-state index in [0.29, 0.717) is 28.8 Å². The maximum atomic E-state index is 12.3. The minimum atomic E-state index is -0.814. The minimum absolute atomic E-state index is 0.166. The van der Waals surface area contributed by atoms with Crippen LogP contribution in [0.4, 0.5) is 4.79 Å². The third-order valence-corrected chi connectivity index (χ3v) is 4.52. The van der Waals surface area contributed by atoms with Gasteiger partial charge in [-0.05, 0) is 75.9 Å². The van der Waals surface area contributed by atoms with Crippen molar-refractivity contribution in [1.82, 2.24) is 15.3 Å². The fraction of sp³-hybridized carbons (Fsp3) is 0.500. The number of alkyl carbamates (subject to hydrolysis) is 1. The van der Waals surface area contributed by atoms with E-state index in [4.69, 9.17) is 32.7 Å². The van der Waals surface area contributed by atoms with Crippen LogP contribution in [0.25, 0.3) is 11.3 Å². The molecular formula is C22H29Cl2N3O3. The molecule has 1 aromatic heterocycles. The molecule has 1 aromatic carbocycles. The van der Waals surface area contributed by atoms with Crippen molar-refractivity contribution in [2.45, 2.75) is 59.1 Å². The van der Waals surface area contributed by atoms with Crippen molar-refractivity contribution in [1.29, 1.82) is 0 Å². The summed E-state index contributed by atoms with van der Waals surface area (Å²) >= 11 is 12.3. The van der Waals surface area contributed by atoms with Crippen molar-refractivity contribution in [3.63, 3.8) is 0 Å². The van der Waals surface area contributed by atoms with Gasteiger partial charge in [0, 0.05) is 17.3 Å². The van der Waals surface area contributed by atoms with Gasteiger partial charge in [0.15, 0.2) is 0 Å². The number of rotatable bonds is 7. The molecule has 0 aliphatic carbocycles. The molecule has 1 amide bonds. The molecule has 2 aromatic rings. The second-order valence-electron chi connectivity index (χ2n) is 8.96. The van der Waals surface area contributed by atoms with E-state index in [-0.39, 0.29) is 17.4 Å². The van der Waals surface area contributed by atoms with Crippen LogP contribution in [0.15, 0.2) is 30.5 Å². The molecule has 6 nitrogen and oxygen atoms in total. The lowest BCUT2D eigenvalue weighted by atomic mass is 9.95. The summed E-state index contributed by atoms with van der Waals surface area (Å²) in [6.45, 7) is 11.9. The van der Waals surface area contributed by atoms with Crippen molar-refractivity contribution < 1.29 is 14.3 Å². The number of carbonyl (C=O) groups is 1. The number of halogens is 2. The minimum Gasteiger partial charge on any atom is -0.488 e. The van der Waals surface area contributed by atoms with E-state index in [0.717, 1.165) is 5.56 Å². The number of carbonyl (C=O) groups excluding carboxylic acids is 1. The largest absolute Gasteiger partial charge is 0.488 e. The Morgan fingerprint density at radius 3 is 2.43 bits per heavy atom. The molecule has 30 heavy (non-hydrogen) atoms. The highest BCUT2D eigenvalue weighted by Gasteiger charge is 2.32. The Hall–Kier alpha value is -2.05. The first kappa shape index (κ1) is 24.2. The van der Waals surface area contributed by atoms with Gasteiger partial charge in [0.1, 0.15) is 18.0 Å². The van der Waals surface area contributed by atoms with E-state index >= 15 is 0 Å². The molecule has 1 heterocycles. The van der Waals surface area contributed by atoms with Crippen LogP contribution in [0.2, 0.25) is 10.3 Å². The van der Waals surface area contributed by atoms with Crippen LogP contribution < -0.4 is 10.1 Å². The molecule has 0 unspecified atom stereocenters. The predicted molar refractivity (Wildman–Crippen MR) is 120 cm³/mol.